The zero-order chi connectivity index (χ0) is 24.9. The number of carbonyl (C=O) groups is 2. The Hall–Kier alpha value is -3.04. The molecule has 2 aromatic heterocycles. The molecule has 0 atom stereocenters. The van der Waals surface area contributed by atoms with Crippen molar-refractivity contribution in [2.24, 2.45) is 0 Å². The van der Waals surface area contributed by atoms with Crippen molar-refractivity contribution in [1.82, 2.24) is 9.55 Å². The molecule has 12 heteroatoms. The molecule has 4 aromatic rings. The van der Waals surface area contributed by atoms with Crippen LogP contribution in [0.5, 0.6) is 11.5 Å². The number of nitrogens with zero attached hydrogens (tertiary/aromatic N) is 1. The van der Waals surface area contributed by atoms with Crippen molar-refractivity contribution in [3.05, 3.63) is 97.0 Å². The maximum atomic E-state index is 13.4. The first kappa shape index (κ1) is 24.1. The molecule has 0 saturated heterocycles. The number of rotatable bonds is 5. The number of aromatic amines is 1. The third-order valence-electron chi connectivity index (χ3n) is 4.86. The first-order valence-electron chi connectivity index (χ1n) is 9.21. The van der Waals surface area contributed by atoms with Gasteiger partial charge in [0.05, 0.1) is 27.5 Å². The van der Waals surface area contributed by atoms with E-state index in [4.69, 9.17) is 46.4 Å². The minimum Gasteiger partial charge on any atom is -0.507 e. The lowest BCUT2D eigenvalue weighted by Gasteiger charge is -2.13. The summed E-state index contributed by atoms with van der Waals surface area (Å²) in [7, 11) is 0. The largest absolute Gasteiger partial charge is 0.507 e. The quantitative estimate of drug-likeness (QED) is 0.247. The van der Waals surface area contributed by atoms with Gasteiger partial charge in [-0.25, -0.2) is 8.78 Å². The van der Waals surface area contributed by atoms with Crippen LogP contribution in [0.2, 0.25) is 20.4 Å². The van der Waals surface area contributed by atoms with Gasteiger partial charge in [-0.1, -0.05) is 46.4 Å². The molecule has 0 saturated carbocycles. The van der Waals surface area contributed by atoms with Crippen molar-refractivity contribution in [3.63, 3.8) is 0 Å². The standard InChI is InChI=1S/C22H10Cl4F2N2O4/c23-12-7-13(19(33)10-3-1-8(27)5-14(10)31)30(22(12)26)18-16(24)21(25)29-17(18)20(34)11-4-2-9(28)6-15(11)32/h1-7,29,31-32H. The summed E-state index contributed by atoms with van der Waals surface area (Å²) < 4.78 is 27.8. The van der Waals surface area contributed by atoms with Crippen molar-refractivity contribution in [1.29, 1.82) is 0 Å². The van der Waals surface area contributed by atoms with E-state index in [1.165, 1.54) is 0 Å². The molecule has 0 aliphatic rings. The van der Waals surface area contributed by atoms with Crippen LogP contribution in [0.3, 0.4) is 0 Å². The Morgan fingerprint density at radius 2 is 1.35 bits per heavy atom. The van der Waals surface area contributed by atoms with Crippen LogP contribution in [0.4, 0.5) is 8.78 Å². The van der Waals surface area contributed by atoms with E-state index in [1.807, 2.05) is 0 Å². The van der Waals surface area contributed by atoms with E-state index in [9.17, 15) is 28.6 Å². The van der Waals surface area contributed by atoms with E-state index in [-0.39, 0.29) is 48.6 Å². The van der Waals surface area contributed by atoms with Gasteiger partial charge in [0.25, 0.3) is 0 Å². The van der Waals surface area contributed by atoms with Crippen LogP contribution in [0, 0.1) is 11.6 Å². The van der Waals surface area contributed by atoms with Gasteiger partial charge in [0.1, 0.15) is 44.2 Å². The average Bonchev–Trinajstić information content (AvgIpc) is 3.22. The lowest BCUT2D eigenvalue weighted by atomic mass is 10.1. The third kappa shape index (κ3) is 4.03. The number of hydrogen-bond acceptors (Lipinski definition) is 4. The molecule has 0 spiro atoms. The number of aromatic nitrogens is 2. The van der Waals surface area contributed by atoms with Crippen LogP contribution in [0.15, 0.2) is 42.5 Å². The van der Waals surface area contributed by atoms with Crippen LogP contribution >= 0.6 is 46.4 Å². The Kier molecular flexibility index (Phi) is 6.35. The van der Waals surface area contributed by atoms with Crippen LogP contribution in [-0.4, -0.2) is 31.3 Å². The lowest BCUT2D eigenvalue weighted by Crippen LogP contribution is -2.13. The number of hydrogen-bond donors (Lipinski definition) is 3. The lowest BCUT2D eigenvalue weighted by molar-refractivity contribution is 0.101. The monoisotopic (exact) mass is 544 g/mol. The average molecular weight is 546 g/mol. The summed E-state index contributed by atoms with van der Waals surface area (Å²) in [5.41, 5.74) is -1.32. The highest BCUT2D eigenvalue weighted by molar-refractivity contribution is 6.45. The number of H-pyrrole nitrogens is 1. The molecule has 4 rings (SSSR count). The van der Waals surface area contributed by atoms with Crippen molar-refractivity contribution >= 4 is 58.0 Å². The fourth-order valence-corrected chi connectivity index (χ4v) is 4.15. The fourth-order valence-electron chi connectivity index (χ4n) is 3.32. The van der Waals surface area contributed by atoms with Crippen LogP contribution in [-0.2, 0) is 0 Å². The number of nitrogens with one attached hydrogen (secondary N) is 1. The molecule has 2 heterocycles. The van der Waals surface area contributed by atoms with Crippen molar-refractivity contribution in [2.75, 3.05) is 0 Å². The first-order valence-corrected chi connectivity index (χ1v) is 10.7. The van der Waals surface area contributed by atoms with Gasteiger partial charge in [0, 0.05) is 12.1 Å². The second kappa shape index (κ2) is 8.96. The van der Waals surface area contributed by atoms with Gasteiger partial charge in [-0.15, -0.1) is 0 Å². The summed E-state index contributed by atoms with van der Waals surface area (Å²) in [5, 5.41) is 19.3. The second-order valence-corrected chi connectivity index (χ2v) is 8.48. The van der Waals surface area contributed by atoms with Gasteiger partial charge < -0.3 is 15.2 Å². The van der Waals surface area contributed by atoms with E-state index in [0.717, 1.165) is 47.0 Å². The molecule has 174 valence electrons. The van der Waals surface area contributed by atoms with E-state index in [1.54, 1.807) is 0 Å². The van der Waals surface area contributed by atoms with E-state index >= 15 is 0 Å². The zero-order valence-corrected chi connectivity index (χ0v) is 19.5. The molecule has 0 aliphatic heterocycles. The van der Waals surface area contributed by atoms with Crippen molar-refractivity contribution < 1.29 is 28.6 Å². The Labute approximate surface area is 209 Å². The number of halogens is 6. The van der Waals surface area contributed by atoms with E-state index in [2.05, 4.69) is 4.98 Å². The first-order chi connectivity index (χ1) is 16.0. The highest BCUT2D eigenvalue weighted by atomic mass is 35.5. The summed E-state index contributed by atoms with van der Waals surface area (Å²) in [5.74, 6) is -4.53. The smallest absolute Gasteiger partial charge is 0.215 e. The number of benzene rings is 2. The Bertz CT molecular complexity index is 1390. The SMILES string of the molecule is O=C(c1ccc(F)cc1O)c1[nH]c(Cl)c(Cl)c1-n1c(C(=O)c2ccc(F)cc2O)cc(Cl)c1Cl. The molecule has 3 N–H and O–H groups in total. The second-order valence-electron chi connectivity index (χ2n) is 6.96. The maximum Gasteiger partial charge on any atom is 0.215 e. The molecule has 0 fully saturated rings. The molecular formula is C22H10Cl4F2N2O4. The van der Waals surface area contributed by atoms with Gasteiger partial charge in [-0.3, -0.25) is 14.2 Å². The number of carbonyl (C=O) groups excluding carboxylic acids is 2. The predicted molar refractivity (Wildman–Crippen MR) is 123 cm³/mol. The van der Waals surface area contributed by atoms with Gasteiger partial charge >= 0.3 is 0 Å². The van der Waals surface area contributed by atoms with Gasteiger partial charge in [-0.05, 0) is 30.3 Å². The Morgan fingerprint density at radius 1 is 0.824 bits per heavy atom. The fraction of sp³-hybridized carbons (Fsp3) is 0. The highest BCUT2D eigenvalue weighted by Gasteiger charge is 2.30. The summed E-state index contributed by atoms with van der Waals surface area (Å²) in [6, 6.07) is 6.68. The van der Waals surface area contributed by atoms with Crippen LogP contribution in [0.25, 0.3) is 5.69 Å². The highest BCUT2D eigenvalue weighted by Crippen LogP contribution is 2.40. The molecule has 0 radical (unpaired) electrons. The van der Waals surface area contributed by atoms with Gasteiger partial charge in [0.15, 0.2) is 0 Å². The summed E-state index contributed by atoms with van der Waals surface area (Å²) in [4.78, 5) is 29.0. The topological polar surface area (TPSA) is 95.3 Å². The third-order valence-corrected chi connectivity index (χ3v) is 6.37. The van der Waals surface area contributed by atoms with Crippen LogP contribution < -0.4 is 0 Å². The van der Waals surface area contributed by atoms with Crippen LogP contribution in [0.1, 0.15) is 32.1 Å². The van der Waals surface area contributed by atoms with Gasteiger partial charge in [0.2, 0.25) is 11.6 Å². The number of aromatic hydroxyl groups is 2. The number of phenolic OH excluding ortho intramolecular Hbond substituents is 2. The predicted octanol–water partition coefficient (Wildman–Crippen LogP) is 6.57. The van der Waals surface area contributed by atoms with Gasteiger partial charge in [-0.2, -0.15) is 0 Å². The summed E-state index contributed by atoms with van der Waals surface area (Å²) in [6.07, 6.45) is 0. The summed E-state index contributed by atoms with van der Waals surface area (Å²) in [6.45, 7) is 0. The van der Waals surface area contributed by atoms with E-state index < -0.39 is 34.7 Å². The van der Waals surface area contributed by atoms with Crippen molar-refractivity contribution in [3.8, 4) is 17.2 Å². The van der Waals surface area contributed by atoms with E-state index in [0.29, 0.717) is 0 Å². The molecule has 0 bridgehead atoms. The number of phenols is 2. The molecule has 0 unspecified atom stereocenters. The Morgan fingerprint density at radius 3 is 1.88 bits per heavy atom. The molecule has 34 heavy (non-hydrogen) atoms. The Balaban J connectivity index is 1.95. The molecular weight excluding hydrogens is 536 g/mol. The molecule has 0 amide bonds. The zero-order valence-electron chi connectivity index (χ0n) is 16.5. The molecule has 2 aromatic carbocycles. The molecule has 0 aliphatic carbocycles. The van der Waals surface area contributed by atoms with Crippen molar-refractivity contribution in [2.45, 2.75) is 0 Å². The maximum absolute atomic E-state index is 13.4. The minimum atomic E-state index is -0.856. The molecule has 6 nitrogen and oxygen atoms in total. The normalized spacial score (nSPS) is 11.1. The minimum absolute atomic E-state index is 0.108. The number of ketones is 2. The summed E-state index contributed by atoms with van der Waals surface area (Å²) >= 11 is 24.9.